The van der Waals surface area contributed by atoms with E-state index >= 15 is 0 Å². The van der Waals surface area contributed by atoms with E-state index in [0.29, 0.717) is 0 Å². The maximum Gasteiger partial charge on any atom is 0.314 e. The second-order valence-corrected chi connectivity index (χ2v) is 4.69. The van der Waals surface area contributed by atoms with Crippen molar-refractivity contribution >= 4 is 18.6 Å². The number of aliphatic carboxylic acids is 1. The minimum Gasteiger partial charge on any atom is -0.481 e. The predicted octanol–water partition coefficient (Wildman–Crippen LogP) is 2.47. The minimum atomic E-state index is -0.724. The molecule has 0 aromatic heterocycles. The quantitative estimate of drug-likeness (QED) is 0.635. The Bertz CT molecular complexity index is 492. The van der Waals surface area contributed by atoms with Crippen LogP contribution in [0.3, 0.4) is 0 Å². The fourth-order valence-corrected chi connectivity index (χ4v) is 1.98. The van der Waals surface area contributed by atoms with Crippen molar-refractivity contribution in [3.63, 3.8) is 0 Å². The van der Waals surface area contributed by atoms with E-state index in [9.17, 15) is 9.90 Å². The van der Waals surface area contributed by atoms with Gasteiger partial charge in [0.1, 0.15) is 0 Å². The summed E-state index contributed by atoms with van der Waals surface area (Å²) in [5.74, 6) is 6.06. The molecule has 1 N–H and O–H groups in total. The van der Waals surface area contributed by atoms with Crippen LogP contribution in [0.25, 0.3) is 0 Å². The zero-order valence-electron chi connectivity index (χ0n) is 9.44. The van der Waals surface area contributed by atoms with Gasteiger partial charge in [-0.15, -0.1) is 0 Å². The fourth-order valence-electron chi connectivity index (χ4n) is 1.87. The molecular weight excluding hydrogens is 232 g/mol. The van der Waals surface area contributed by atoms with Gasteiger partial charge in [0, 0.05) is 17.7 Å². The highest BCUT2D eigenvalue weighted by Gasteiger charge is 2.51. The molecule has 0 heterocycles. The Morgan fingerprint density at radius 1 is 1.47 bits per heavy atom. The third-order valence-electron chi connectivity index (χ3n) is 3.04. The molecule has 1 saturated carbocycles. The molecule has 0 spiro atoms. The van der Waals surface area contributed by atoms with E-state index in [2.05, 4.69) is 24.5 Å². The van der Waals surface area contributed by atoms with Crippen LogP contribution in [0.1, 0.15) is 30.4 Å². The van der Waals surface area contributed by atoms with Gasteiger partial charge < -0.3 is 5.11 Å². The molecule has 1 aromatic carbocycles. The smallest absolute Gasteiger partial charge is 0.314 e. The highest BCUT2D eigenvalue weighted by molar-refractivity contribution is 7.80. The van der Waals surface area contributed by atoms with Crippen LogP contribution in [0.5, 0.6) is 0 Å². The van der Waals surface area contributed by atoms with Gasteiger partial charge in [-0.2, -0.15) is 12.6 Å². The number of hydrogen-bond donors (Lipinski definition) is 2. The van der Waals surface area contributed by atoms with Gasteiger partial charge in [0.15, 0.2) is 0 Å². The van der Waals surface area contributed by atoms with Crippen LogP contribution in [0.2, 0.25) is 0 Å². The van der Waals surface area contributed by atoms with E-state index in [1.165, 1.54) is 0 Å². The molecule has 2 nitrogen and oxygen atoms in total. The second kappa shape index (κ2) is 4.85. The molecule has 3 heteroatoms. The number of rotatable bonds is 3. The summed E-state index contributed by atoms with van der Waals surface area (Å²) in [6, 6.07) is 7.56. The van der Waals surface area contributed by atoms with Gasteiger partial charge in [0.2, 0.25) is 0 Å². The van der Waals surface area contributed by atoms with Crippen LogP contribution < -0.4 is 0 Å². The summed E-state index contributed by atoms with van der Waals surface area (Å²) < 4.78 is 0. The number of benzene rings is 1. The summed E-state index contributed by atoms with van der Waals surface area (Å²) in [5.41, 5.74) is 1.13. The topological polar surface area (TPSA) is 37.3 Å². The van der Waals surface area contributed by atoms with Gasteiger partial charge in [0.05, 0.1) is 5.41 Å². The molecule has 1 aliphatic rings. The Balaban J connectivity index is 2.24. The lowest BCUT2D eigenvalue weighted by Gasteiger charge is -2.09. The molecule has 0 amide bonds. The molecule has 0 saturated heterocycles. The summed E-state index contributed by atoms with van der Waals surface area (Å²) in [6.07, 6.45) is 2.21. The standard InChI is InChI=1S/C14H14O2S/c15-13(16)14(7-8-14)12-6-3-5-11(10-12)4-1-2-9-17/h3,5-6,10,17H,2,7-9H2,(H,15,16). The number of thiol groups is 1. The van der Waals surface area contributed by atoms with E-state index in [4.69, 9.17) is 0 Å². The van der Waals surface area contributed by atoms with Crippen molar-refractivity contribution in [3.05, 3.63) is 35.4 Å². The molecule has 0 bridgehead atoms. The van der Waals surface area contributed by atoms with Crippen molar-refractivity contribution in [2.45, 2.75) is 24.7 Å². The van der Waals surface area contributed by atoms with Gasteiger partial charge in [0.25, 0.3) is 0 Å². The van der Waals surface area contributed by atoms with E-state index in [0.717, 1.165) is 36.1 Å². The molecule has 0 radical (unpaired) electrons. The highest BCUT2D eigenvalue weighted by atomic mass is 32.1. The largest absolute Gasteiger partial charge is 0.481 e. The minimum absolute atomic E-state index is 0.638. The van der Waals surface area contributed by atoms with Crippen molar-refractivity contribution in [2.75, 3.05) is 5.75 Å². The summed E-state index contributed by atoms with van der Waals surface area (Å²) in [4.78, 5) is 11.2. The van der Waals surface area contributed by atoms with Crippen LogP contribution in [0, 0.1) is 11.8 Å². The molecule has 0 unspecified atom stereocenters. The summed E-state index contributed by atoms with van der Waals surface area (Å²) in [6.45, 7) is 0. The SMILES string of the molecule is O=C(O)C1(c2cccc(C#CCCS)c2)CC1. The van der Waals surface area contributed by atoms with Crippen LogP contribution in [-0.2, 0) is 10.2 Å². The Morgan fingerprint density at radius 3 is 2.82 bits per heavy atom. The molecule has 17 heavy (non-hydrogen) atoms. The normalized spacial score (nSPS) is 15.8. The first-order valence-corrected chi connectivity index (χ1v) is 6.26. The van der Waals surface area contributed by atoms with E-state index in [1.807, 2.05) is 24.3 Å². The first-order valence-electron chi connectivity index (χ1n) is 5.63. The van der Waals surface area contributed by atoms with E-state index in [-0.39, 0.29) is 0 Å². The van der Waals surface area contributed by atoms with Gasteiger partial charge in [-0.1, -0.05) is 24.0 Å². The molecule has 2 rings (SSSR count). The highest BCUT2D eigenvalue weighted by Crippen LogP contribution is 2.48. The third-order valence-corrected chi connectivity index (χ3v) is 3.27. The number of hydrogen-bond acceptors (Lipinski definition) is 2. The van der Waals surface area contributed by atoms with Gasteiger partial charge >= 0.3 is 5.97 Å². The molecule has 0 atom stereocenters. The Morgan fingerprint density at radius 2 is 2.24 bits per heavy atom. The zero-order valence-corrected chi connectivity index (χ0v) is 10.3. The second-order valence-electron chi connectivity index (χ2n) is 4.24. The van der Waals surface area contributed by atoms with Crippen LogP contribution >= 0.6 is 12.6 Å². The van der Waals surface area contributed by atoms with Gasteiger partial charge in [-0.3, -0.25) is 4.79 Å². The molecule has 1 aromatic rings. The van der Waals surface area contributed by atoms with Crippen molar-refractivity contribution < 1.29 is 9.90 Å². The lowest BCUT2D eigenvalue weighted by Crippen LogP contribution is -2.19. The van der Waals surface area contributed by atoms with Crippen LogP contribution in [0.4, 0.5) is 0 Å². The van der Waals surface area contributed by atoms with Crippen molar-refractivity contribution in [2.24, 2.45) is 0 Å². The van der Waals surface area contributed by atoms with Crippen LogP contribution in [0.15, 0.2) is 24.3 Å². The van der Waals surface area contributed by atoms with E-state index in [1.54, 1.807) is 0 Å². The average Bonchev–Trinajstić information content (AvgIpc) is 3.11. The molecule has 88 valence electrons. The Labute approximate surface area is 106 Å². The molecule has 0 aliphatic heterocycles. The summed E-state index contributed by atoms with van der Waals surface area (Å²) in [7, 11) is 0. The number of carboxylic acid groups (broad SMARTS) is 1. The lowest BCUT2D eigenvalue weighted by atomic mass is 9.94. The van der Waals surface area contributed by atoms with Crippen molar-refractivity contribution in [1.29, 1.82) is 0 Å². The monoisotopic (exact) mass is 246 g/mol. The lowest BCUT2D eigenvalue weighted by molar-refractivity contribution is -0.140. The number of carboxylic acids is 1. The van der Waals surface area contributed by atoms with Crippen molar-refractivity contribution in [1.82, 2.24) is 0 Å². The average molecular weight is 246 g/mol. The van der Waals surface area contributed by atoms with Crippen LogP contribution in [-0.4, -0.2) is 16.8 Å². The predicted molar refractivity (Wildman–Crippen MR) is 70.3 cm³/mol. The van der Waals surface area contributed by atoms with Gasteiger partial charge in [-0.05, 0) is 30.5 Å². The van der Waals surface area contributed by atoms with E-state index < -0.39 is 11.4 Å². The summed E-state index contributed by atoms with van der Waals surface area (Å²) >= 11 is 4.09. The first-order chi connectivity index (χ1) is 8.19. The van der Waals surface area contributed by atoms with Crippen molar-refractivity contribution in [3.8, 4) is 11.8 Å². The third kappa shape index (κ3) is 2.48. The zero-order chi connectivity index (χ0) is 12.3. The number of carbonyl (C=O) groups is 1. The molecule has 1 aliphatic carbocycles. The Kier molecular flexibility index (Phi) is 3.44. The Hall–Kier alpha value is -1.40. The van der Waals surface area contributed by atoms with Gasteiger partial charge in [-0.25, -0.2) is 0 Å². The maximum atomic E-state index is 11.2. The summed E-state index contributed by atoms with van der Waals surface area (Å²) in [5, 5.41) is 9.22. The molecule has 1 fully saturated rings. The fraction of sp³-hybridized carbons (Fsp3) is 0.357. The maximum absolute atomic E-state index is 11.2. The first kappa shape index (κ1) is 12.1. The molecular formula is C14H14O2S.